The molecular formula is C22H21ClN4O2. The highest BCUT2D eigenvalue weighted by Gasteiger charge is 2.24. The first-order valence-corrected chi connectivity index (χ1v) is 9.81. The van der Waals surface area contributed by atoms with Gasteiger partial charge in [0, 0.05) is 53.4 Å². The molecule has 4 rings (SSSR count). The monoisotopic (exact) mass is 408 g/mol. The van der Waals surface area contributed by atoms with Gasteiger partial charge in [-0.05, 0) is 31.2 Å². The molecule has 7 heteroatoms. The second-order valence-corrected chi connectivity index (χ2v) is 7.48. The molecule has 0 amide bonds. The molecule has 1 aliphatic rings. The Labute approximate surface area is 174 Å². The van der Waals surface area contributed by atoms with Gasteiger partial charge in [0.05, 0.1) is 5.52 Å². The molecule has 0 aliphatic carbocycles. The number of benzene rings is 2. The molecule has 0 spiro atoms. The van der Waals surface area contributed by atoms with Crippen LogP contribution in [0, 0.1) is 0 Å². The van der Waals surface area contributed by atoms with Crippen LogP contribution in [-0.2, 0) is 4.79 Å². The Morgan fingerprint density at radius 3 is 2.76 bits per heavy atom. The van der Waals surface area contributed by atoms with E-state index in [1.165, 1.54) is 6.08 Å². The lowest BCUT2D eigenvalue weighted by molar-refractivity contribution is -0.104. The van der Waals surface area contributed by atoms with Gasteiger partial charge in [0.2, 0.25) is 0 Å². The Hall–Kier alpha value is -3.12. The minimum absolute atomic E-state index is 0.177. The molecule has 1 atom stereocenters. The molecule has 148 valence electrons. The molecule has 1 aromatic heterocycles. The zero-order chi connectivity index (χ0) is 20.4. The Balaban J connectivity index is 1.70. The summed E-state index contributed by atoms with van der Waals surface area (Å²) in [6.07, 6.45) is 5.71. The number of aromatic nitrogens is 2. The minimum Gasteiger partial charge on any atom is -0.507 e. The lowest BCUT2D eigenvalue weighted by Crippen LogP contribution is -2.50. The summed E-state index contributed by atoms with van der Waals surface area (Å²) in [5.41, 5.74) is 2.18. The lowest BCUT2D eigenvalue weighted by atomic mass is 10.0. The van der Waals surface area contributed by atoms with Gasteiger partial charge >= 0.3 is 0 Å². The Morgan fingerprint density at radius 1 is 1.17 bits per heavy atom. The maximum absolute atomic E-state index is 10.6. The SMILES string of the molecule is C[C@H]1CN(c2ncnc3cc(-c4ccccc4O)c(Cl)cc23)CCN1C=CC=O. The number of para-hydroxylation sites is 1. The van der Waals surface area contributed by atoms with E-state index in [0.29, 0.717) is 10.6 Å². The summed E-state index contributed by atoms with van der Waals surface area (Å²) >= 11 is 6.59. The maximum Gasteiger partial charge on any atom is 0.144 e. The first-order valence-electron chi connectivity index (χ1n) is 9.43. The molecule has 1 N–H and O–H groups in total. The largest absolute Gasteiger partial charge is 0.507 e. The Morgan fingerprint density at radius 2 is 2.00 bits per heavy atom. The molecular weight excluding hydrogens is 388 g/mol. The molecule has 0 bridgehead atoms. The van der Waals surface area contributed by atoms with Gasteiger partial charge in [0.25, 0.3) is 0 Å². The Kier molecular flexibility index (Phi) is 5.36. The fraction of sp³-hybridized carbons (Fsp3) is 0.227. The molecule has 1 fully saturated rings. The van der Waals surface area contributed by atoms with Crippen LogP contribution in [0.5, 0.6) is 5.75 Å². The van der Waals surface area contributed by atoms with E-state index in [4.69, 9.17) is 11.6 Å². The topological polar surface area (TPSA) is 69.6 Å². The molecule has 0 radical (unpaired) electrons. The van der Waals surface area contributed by atoms with Crippen molar-refractivity contribution in [1.82, 2.24) is 14.9 Å². The van der Waals surface area contributed by atoms with E-state index in [1.54, 1.807) is 18.5 Å². The number of aromatic hydroxyl groups is 1. The van der Waals surface area contributed by atoms with Crippen LogP contribution < -0.4 is 4.90 Å². The lowest BCUT2D eigenvalue weighted by Gasteiger charge is -2.40. The summed E-state index contributed by atoms with van der Waals surface area (Å²) in [5.74, 6) is 1.02. The van der Waals surface area contributed by atoms with Crippen LogP contribution in [0.4, 0.5) is 5.82 Å². The first kappa shape index (κ1) is 19.2. The van der Waals surface area contributed by atoms with Gasteiger partial charge in [-0.1, -0.05) is 29.8 Å². The number of carbonyl (C=O) groups excluding carboxylic acids is 1. The highest BCUT2D eigenvalue weighted by molar-refractivity contribution is 6.34. The summed E-state index contributed by atoms with van der Waals surface area (Å²) in [7, 11) is 0. The number of phenols is 1. The average Bonchev–Trinajstić information content (AvgIpc) is 2.72. The van der Waals surface area contributed by atoms with Crippen LogP contribution in [0.15, 0.2) is 55.0 Å². The summed E-state index contributed by atoms with van der Waals surface area (Å²) in [4.78, 5) is 23.9. The van der Waals surface area contributed by atoms with E-state index < -0.39 is 0 Å². The highest BCUT2D eigenvalue weighted by Crippen LogP contribution is 2.38. The van der Waals surface area contributed by atoms with Crippen molar-refractivity contribution in [2.75, 3.05) is 24.5 Å². The number of fused-ring (bicyclic) bond motifs is 1. The van der Waals surface area contributed by atoms with Gasteiger partial charge in [-0.25, -0.2) is 9.97 Å². The van der Waals surface area contributed by atoms with Crippen molar-refractivity contribution in [2.45, 2.75) is 13.0 Å². The zero-order valence-electron chi connectivity index (χ0n) is 16.0. The van der Waals surface area contributed by atoms with E-state index in [-0.39, 0.29) is 11.8 Å². The van der Waals surface area contributed by atoms with E-state index >= 15 is 0 Å². The fourth-order valence-corrected chi connectivity index (χ4v) is 4.02. The number of rotatable bonds is 4. The van der Waals surface area contributed by atoms with Crippen molar-refractivity contribution < 1.29 is 9.90 Å². The van der Waals surface area contributed by atoms with Gasteiger partial charge in [0.1, 0.15) is 24.2 Å². The van der Waals surface area contributed by atoms with Crippen molar-refractivity contribution in [3.63, 3.8) is 0 Å². The Bertz CT molecular complexity index is 1090. The van der Waals surface area contributed by atoms with E-state index in [9.17, 15) is 9.90 Å². The van der Waals surface area contributed by atoms with Gasteiger partial charge in [-0.15, -0.1) is 0 Å². The minimum atomic E-state index is 0.177. The van der Waals surface area contributed by atoms with Crippen molar-refractivity contribution in [3.8, 4) is 16.9 Å². The van der Waals surface area contributed by atoms with Gasteiger partial charge in [-0.2, -0.15) is 0 Å². The van der Waals surface area contributed by atoms with Crippen LogP contribution in [0.1, 0.15) is 6.92 Å². The maximum atomic E-state index is 10.6. The van der Waals surface area contributed by atoms with Crippen LogP contribution in [-0.4, -0.2) is 51.9 Å². The predicted octanol–water partition coefficient (Wildman–Crippen LogP) is 3.88. The second kappa shape index (κ2) is 8.09. The van der Waals surface area contributed by atoms with Crippen molar-refractivity contribution >= 4 is 34.6 Å². The summed E-state index contributed by atoms with van der Waals surface area (Å²) < 4.78 is 0. The summed E-state index contributed by atoms with van der Waals surface area (Å²) in [5, 5.41) is 11.6. The van der Waals surface area contributed by atoms with E-state index in [2.05, 4.69) is 26.7 Å². The summed E-state index contributed by atoms with van der Waals surface area (Å²) in [6, 6.07) is 11.1. The summed E-state index contributed by atoms with van der Waals surface area (Å²) in [6.45, 7) is 4.46. The molecule has 1 saturated heterocycles. The molecule has 0 saturated carbocycles. The number of piperazine rings is 1. The third-order valence-electron chi connectivity index (χ3n) is 5.23. The molecule has 1 aliphatic heterocycles. The predicted molar refractivity (Wildman–Crippen MR) is 115 cm³/mol. The standard InChI is InChI=1S/C22H21ClN4O2/c1-15-13-27(9-8-26(15)7-4-10-28)22-18-11-19(23)17(12-20(18)24-14-25-22)16-5-2-3-6-21(16)29/h2-7,10-12,14-15,29H,8-9,13H2,1H3/t15-/m0/s1. The quantitative estimate of drug-likeness (QED) is 0.522. The number of nitrogens with zero attached hydrogens (tertiary/aromatic N) is 4. The average molecular weight is 409 g/mol. The van der Waals surface area contributed by atoms with Gasteiger partial charge in [0.15, 0.2) is 0 Å². The van der Waals surface area contributed by atoms with Crippen molar-refractivity contribution in [1.29, 1.82) is 0 Å². The van der Waals surface area contributed by atoms with Crippen molar-refractivity contribution in [2.24, 2.45) is 0 Å². The van der Waals surface area contributed by atoms with E-state index in [0.717, 1.165) is 48.2 Å². The number of carbonyl (C=O) groups is 1. The number of phenolic OH excluding ortho intramolecular Hbond substituents is 1. The highest BCUT2D eigenvalue weighted by atomic mass is 35.5. The smallest absolute Gasteiger partial charge is 0.144 e. The second-order valence-electron chi connectivity index (χ2n) is 7.07. The zero-order valence-corrected chi connectivity index (χ0v) is 16.8. The normalized spacial score (nSPS) is 17.2. The number of hydrogen-bond donors (Lipinski definition) is 1. The van der Waals surface area contributed by atoms with Crippen LogP contribution in [0.3, 0.4) is 0 Å². The number of allylic oxidation sites excluding steroid dienone is 1. The van der Waals surface area contributed by atoms with E-state index in [1.807, 2.05) is 30.5 Å². The van der Waals surface area contributed by atoms with Crippen LogP contribution >= 0.6 is 11.6 Å². The van der Waals surface area contributed by atoms with Crippen LogP contribution in [0.25, 0.3) is 22.0 Å². The third kappa shape index (κ3) is 3.76. The number of hydrogen-bond acceptors (Lipinski definition) is 6. The fourth-order valence-electron chi connectivity index (χ4n) is 3.75. The molecule has 29 heavy (non-hydrogen) atoms. The molecule has 2 heterocycles. The first-order chi connectivity index (χ1) is 14.1. The van der Waals surface area contributed by atoms with Crippen LogP contribution in [0.2, 0.25) is 5.02 Å². The number of aldehydes is 1. The van der Waals surface area contributed by atoms with Gasteiger partial charge < -0.3 is 14.9 Å². The third-order valence-corrected chi connectivity index (χ3v) is 5.54. The molecule has 0 unspecified atom stereocenters. The number of anilines is 1. The van der Waals surface area contributed by atoms with Gasteiger partial charge in [-0.3, -0.25) is 4.79 Å². The number of halogens is 1. The molecule has 2 aromatic carbocycles. The van der Waals surface area contributed by atoms with Crippen molar-refractivity contribution in [3.05, 3.63) is 60.0 Å². The molecule has 6 nitrogen and oxygen atoms in total. The molecule has 3 aromatic rings.